The third-order valence-electron chi connectivity index (χ3n) is 3.99. The molecular formula is C14H20BrNO2S. The third kappa shape index (κ3) is 3.03. The molecule has 1 aliphatic carbocycles. The molecule has 2 rings (SSSR count). The largest absolute Gasteiger partial charge is 0.308 e. The van der Waals surface area contributed by atoms with Gasteiger partial charge in [-0.15, -0.1) is 0 Å². The van der Waals surface area contributed by atoms with Crippen LogP contribution < -0.4 is 5.32 Å². The minimum atomic E-state index is -3.05. The first kappa shape index (κ1) is 15.0. The molecule has 0 aliphatic heterocycles. The van der Waals surface area contributed by atoms with E-state index in [1.807, 2.05) is 6.07 Å². The van der Waals surface area contributed by atoms with Crippen molar-refractivity contribution in [1.29, 1.82) is 0 Å². The summed E-state index contributed by atoms with van der Waals surface area (Å²) in [6.45, 7) is 4.01. The van der Waals surface area contributed by atoms with Crippen LogP contribution in [0.5, 0.6) is 0 Å². The summed E-state index contributed by atoms with van der Waals surface area (Å²) in [6.07, 6.45) is 3.36. The highest BCUT2D eigenvalue weighted by Gasteiger charge is 2.32. The predicted octanol–water partition coefficient (Wildman–Crippen LogP) is 2.85. The van der Waals surface area contributed by atoms with Crippen molar-refractivity contribution >= 4 is 25.8 Å². The zero-order chi connectivity index (χ0) is 14.3. The lowest BCUT2D eigenvalue weighted by molar-refractivity contribution is 0.470. The maximum absolute atomic E-state index is 11.7. The minimum absolute atomic E-state index is 0.258. The van der Waals surface area contributed by atoms with Gasteiger partial charge in [0, 0.05) is 23.3 Å². The zero-order valence-electron chi connectivity index (χ0n) is 11.5. The van der Waals surface area contributed by atoms with Crippen LogP contribution in [0.4, 0.5) is 0 Å². The monoisotopic (exact) mass is 345 g/mol. The second-order valence-corrected chi connectivity index (χ2v) is 9.32. The van der Waals surface area contributed by atoms with Crippen LogP contribution >= 0.6 is 15.9 Å². The molecule has 1 aromatic carbocycles. The Hall–Kier alpha value is -0.390. The van der Waals surface area contributed by atoms with Gasteiger partial charge in [0.05, 0.1) is 4.75 Å². The molecule has 0 radical (unpaired) electrons. The molecule has 3 nitrogen and oxygen atoms in total. The number of halogens is 1. The summed E-state index contributed by atoms with van der Waals surface area (Å²) in [5.41, 5.74) is 2.64. The minimum Gasteiger partial charge on any atom is -0.308 e. The molecule has 1 atom stereocenters. The van der Waals surface area contributed by atoms with Crippen molar-refractivity contribution in [2.45, 2.75) is 37.5 Å². The number of nitrogens with one attached hydrogen (secondary N) is 1. The van der Waals surface area contributed by atoms with E-state index in [1.165, 1.54) is 17.4 Å². The normalized spacial score (nSPS) is 19.5. The summed E-state index contributed by atoms with van der Waals surface area (Å²) in [5, 5.41) is 3.41. The van der Waals surface area contributed by atoms with Gasteiger partial charge >= 0.3 is 0 Å². The fourth-order valence-electron chi connectivity index (χ4n) is 2.32. The molecule has 1 unspecified atom stereocenters. The number of hydrogen-bond acceptors (Lipinski definition) is 3. The first-order valence-corrected chi connectivity index (χ1v) is 9.11. The number of rotatable bonds is 4. The van der Waals surface area contributed by atoms with Gasteiger partial charge in [-0.1, -0.05) is 28.1 Å². The van der Waals surface area contributed by atoms with Crippen LogP contribution in [0, 0.1) is 0 Å². The van der Waals surface area contributed by atoms with Crippen LogP contribution in [0.1, 0.15) is 37.4 Å². The number of hydrogen-bond donors (Lipinski definition) is 1. The number of benzene rings is 1. The van der Waals surface area contributed by atoms with Crippen molar-refractivity contribution in [2.24, 2.45) is 0 Å². The van der Waals surface area contributed by atoms with E-state index in [0.29, 0.717) is 6.54 Å². The highest BCUT2D eigenvalue weighted by molar-refractivity contribution is 9.10. The van der Waals surface area contributed by atoms with Gasteiger partial charge in [-0.25, -0.2) is 8.42 Å². The Labute approximate surface area is 123 Å². The van der Waals surface area contributed by atoms with Crippen LogP contribution in [0.2, 0.25) is 0 Å². The summed E-state index contributed by atoms with van der Waals surface area (Å²) in [6, 6.07) is 6.47. The summed E-state index contributed by atoms with van der Waals surface area (Å²) in [5.74, 6) is 0. The van der Waals surface area contributed by atoms with Crippen molar-refractivity contribution < 1.29 is 8.42 Å². The topological polar surface area (TPSA) is 46.2 Å². The van der Waals surface area contributed by atoms with Gasteiger partial charge < -0.3 is 5.32 Å². The molecular weight excluding hydrogens is 326 g/mol. The predicted molar refractivity (Wildman–Crippen MR) is 82.1 cm³/mol. The van der Waals surface area contributed by atoms with E-state index in [0.717, 1.165) is 17.3 Å². The van der Waals surface area contributed by atoms with Crippen molar-refractivity contribution in [3.8, 4) is 0 Å². The van der Waals surface area contributed by atoms with E-state index in [-0.39, 0.29) is 6.04 Å². The first-order chi connectivity index (χ1) is 8.72. The quantitative estimate of drug-likeness (QED) is 0.912. The maximum Gasteiger partial charge on any atom is 0.153 e. The molecule has 0 bridgehead atoms. The molecule has 0 saturated carbocycles. The van der Waals surface area contributed by atoms with Crippen molar-refractivity contribution in [3.63, 3.8) is 0 Å². The maximum atomic E-state index is 11.7. The molecule has 19 heavy (non-hydrogen) atoms. The Kier molecular flexibility index (Phi) is 4.10. The van der Waals surface area contributed by atoms with Crippen LogP contribution in [0.3, 0.4) is 0 Å². The van der Waals surface area contributed by atoms with E-state index < -0.39 is 14.6 Å². The van der Waals surface area contributed by atoms with Gasteiger partial charge in [0.2, 0.25) is 0 Å². The lowest BCUT2D eigenvalue weighted by Crippen LogP contribution is -2.42. The zero-order valence-corrected chi connectivity index (χ0v) is 13.9. The average Bonchev–Trinajstić information content (AvgIpc) is 2.70. The van der Waals surface area contributed by atoms with Crippen molar-refractivity contribution in [2.75, 3.05) is 12.8 Å². The van der Waals surface area contributed by atoms with Gasteiger partial charge in [0.1, 0.15) is 0 Å². The fourth-order valence-corrected chi connectivity index (χ4v) is 3.25. The Morgan fingerprint density at radius 1 is 1.42 bits per heavy atom. The van der Waals surface area contributed by atoms with Gasteiger partial charge in [-0.3, -0.25) is 0 Å². The van der Waals surface area contributed by atoms with E-state index >= 15 is 0 Å². The molecule has 0 spiro atoms. The van der Waals surface area contributed by atoms with Gasteiger partial charge in [0.15, 0.2) is 9.84 Å². The van der Waals surface area contributed by atoms with Crippen LogP contribution in [-0.2, 0) is 16.3 Å². The Morgan fingerprint density at radius 2 is 2.11 bits per heavy atom. The molecule has 0 fully saturated rings. The second kappa shape index (κ2) is 5.19. The average molecular weight is 346 g/mol. The number of fused-ring (bicyclic) bond motifs is 1. The lowest BCUT2D eigenvalue weighted by Gasteiger charge is -2.25. The summed E-state index contributed by atoms with van der Waals surface area (Å²) in [4.78, 5) is 0. The highest BCUT2D eigenvalue weighted by Crippen LogP contribution is 2.35. The van der Waals surface area contributed by atoms with Gasteiger partial charge in [0.25, 0.3) is 0 Å². The Morgan fingerprint density at radius 3 is 2.74 bits per heavy atom. The van der Waals surface area contributed by atoms with Crippen LogP contribution in [-0.4, -0.2) is 26.0 Å². The van der Waals surface area contributed by atoms with Crippen molar-refractivity contribution in [1.82, 2.24) is 5.32 Å². The van der Waals surface area contributed by atoms with E-state index in [1.54, 1.807) is 13.8 Å². The SMILES string of the molecule is CC(C)(CNC1CCc2c(Br)cccc21)S(C)(=O)=O. The fraction of sp³-hybridized carbons (Fsp3) is 0.571. The molecule has 5 heteroatoms. The molecule has 1 aliphatic rings. The molecule has 0 aromatic heterocycles. The second-order valence-electron chi connectivity index (χ2n) is 5.81. The highest BCUT2D eigenvalue weighted by atomic mass is 79.9. The van der Waals surface area contributed by atoms with Gasteiger partial charge in [-0.05, 0) is 43.9 Å². The van der Waals surface area contributed by atoms with E-state index in [2.05, 4.69) is 33.4 Å². The molecule has 0 saturated heterocycles. The van der Waals surface area contributed by atoms with Gasteiger partial charge in [-0.2, -0.15) is 0 Å². The van der Waals surface area contributed by atoms with E-state index in [4.69, 9.17) is 0 Å². The molecule has 106 valence electrons. The molecule has 0 amide bonds. The van der Waals surface area contributed by atoms with Crippen LogP contribution in [0.25, 0.3) is 0 Å². The van der Waals surface area contributed by atoms with Crippen molar-refractivity contribution in [3.05, 3.63) is 33.8 Å². The first-order valence-electron chi connectivity index (χ1n) is 6.42. The molecule has 1 N–H and O–H groups in total. The Balaban J connectivity index is 2.11. The van der Waals surface area contributed by atoms with Crippen LogP contribution in [0.15, 0.2) is 22.7 Å². The van der Waals surface area contributed by atoms with E-state index in [9.17, 15) is 8.42 Å². The standard InChI is InChI=1S/C14H20BrNO2S/c1-14(2,19(3,17)18)9-16-13-8-7-10-11(13)5-4-6-12(10)15/h4-6,13,16H,7-9H2,1-3H3. The Bertz CT molecular complexity index is 581. The molecule has 0 heterocycles. The third-order valence-corrected chi connectivity index (χ3v) is 6.89. The summed E-state index contributed by atoms with van der Waals surface area (Å²) < 4.78 is 23.8. The smallest absolute Gasteiger partial charge is 0.153 e. The molecule has 1 aromatic rings. The lowest BCUT2D eigenvalue weighted by atomic mass is 10.1. The number of sulfone groups is 1. The summed E-state index contributed by atoms with van der Waals surface area (Å²) >= 11 is 3.57. The summed E-state index contributed by atoms with van der Waals surface area (Å²) in [7, 11) is -3.05.